The van der Waals surface area contributed by atoms with Crippen LogP contribution in [0.4, 0.5) is 0 Å². The molecule has 1 heterocycles. The number of allylic oxidation sites excluding steroid dienone is 2. The molecule has 0 atom stereocenters. The molecule has 2 N–H and O–H groups in total. The van der Waals surface area contributed by atoms with Gasteiger partial charge in [-0.1, -0.05) is 18.2 Å². The zero-order chi connectivity index (χ0) is 9.10. The molecule has 1 aromatic rings. The summed E-state index contributed by atoms with van der Waals surface area (Å²) in [6.45, 7) is 0.848. The standard InChI is InChI=1S/C11H11NO/c13-11-5-3-9(4-6-11)10-2-1-7-12-8-10/h1-7,12-13H,8H2. The van der Waals surface area contributed by atoms with Gasteiger partial charge >= 0.3 is 0 Å². The fourth-order valence-electron chi connectivity index (χ4n) is 1.33. The maximum atomic E-state index is 9.11. The highest BCUT2D eigenvalue weighted by Crippen LogP contribution is 2.18. The quantitative estimate of drug-likeness (QED) is 0.679. The number of nitrogens with one attached hydrogen (secondary N) is 1. The van der Waals surface area contributed by atoms with E-state index < -0.39 is 0 Å². The highest BCUT2D eigenvalue weighted by Gasteiger charge is 2.01. The Bertz CT molecular complexity index is 349. The van der Waals surface area contributed by atoms with E-state index >= 15 is 0 Å². The summed E-state index contributed by atoms with van der Waals surface area (Å²) in [5, 5.41) is 12.2. The van der Waals surface area contributed by atoms with Gasteiger partial charge in [-0.2, -0.15) is 0 Å². The molecule has 1 aliphatic rings. The molecule has 2 heteroatoms. The monoisotopic (exact) mass is 173 g/mol. The number of phenols is 1. The van der Waals surface area contributed by atoms with E-state index in [9.17, 15) is 0 Å². The molecule has 0 aromatic heterocycles. The van der Waals surface area contributed by atoms with Crippen LogP contribution < -0.4 is 5.32 Å². The Morgan fingerprint density at radius 1 is 1.15 bits per heavy atom. The van der Waals surface area contributed by atoms with E-state index in [1.165, 1.54) is 5.57 Å². The van der Waals surface area contributed by atoms with Crippen molar-refractivity contribution in [3.63, 3.8) is 0 Å². The van der Waals surface area contributed by atoms with E-state index in [2.05, 4.69) is 11.4 Å². The van der Waals surface area contributed by atoms with Gasteiger partial charge in [0.15, 0.2) is 0 Å². The molecular formula is C11H11NO. The molecule has 0 amide bonds. The molecule has 0 bridgehead atoms. The van der Waals surface area contributed by atoms with Crippen LogP contribution in [0.2, 0.25) is 0 Å². The lowest BCUT2D eigenvalue weighted by atomic mass is 10.0. The summed E-state index contributed by atoms with van der Waals surface area (Å²) in [4.78, 5) is 0. The topological polar surface area (TPSA) is 32.3 Å². The van der Waals surface area contributed by atoms with Crippen molar-refractivity contribution in [2.45, 2.75) is 0 Å². The zero-order valence-corrected chi connectivity index (χ0v) is 7.20. The minimum Gasteiger partial charge on any atom is -0.508 e. The Hall–Kier alpha value is -1.70. The van der Waals surface area contributed by atoms with Gasteiger partial charge in [0, 0.05) is 6.54 Å². The van der Waals surface area contributed by atoms with Gasteiger partial charge in [-0.15, -0.1) is 0 Å². The molecule has 0 saturated heterocycles. The zero-order valence-electron chi connectivity index (χ0n) is 7.20. The van der Waals surface area contributed by atoms with Crippen molar-refractivity contribution in [3.8, 4) is 5.75 Å². The molecule has 66 valence electrons. The van der Waals surface area contributed by atoms with Crippen LogP contribution in [0, 0.1) is 0 Å². The molecule has 0 spiro atoms. The average Bonchev–Trinajstić information content (AvgIpc) is 2.20. The van der Waals surface area contributed by atoms with E-state index in [-0.39, 0.29) is 0 Å². The first-order chi connectivity index (χ1) is 6.36. The summed E-state index contributed by atoms with van der Waals surface area (Å²) in [6.07, 6.45) is 5.97. The van der Waals surface area contributed by atoms with Crippen molar-refractivity contribution in [1.82, 2.24) is 5.32 Å². The number of phenolic OH excluding ortho intramolecular Hbond substituents is 1. The number of benzene rings is 1. The molecule has 0 aliphatic carbocycles. The lowest BCUT2D eigenvalue weighted by molar-refractivity contribution is 0.475. The van der Waals surface area contributed by atoms with Crippen molar-refractivity contribution in [2.24, 2.45) is 0 Å². The number of rotatable bonds is 1. The average molecular weight is 173 g/mol. The molecule has 0 radical (unpaired) electrons. The molecule has 1 aliphatic heterocycles. The minimum absolute atomic E-state index is 0.309. The van der Waals surface area contributed by atoms with Crippen molar-refractivity contribution < 1.29 is 5.11 Å². The summed E-state index contributed by atoms with van der Waals surface area (Å²) in [7, 11) is 0. The third kappa shape index (κ3) is 1.72. The third-order valence-electron chi connectivity index (χ3n) is 2.04. The van der Waals surface area contributed by atoms with Gasteiger partial charge in [0.05, 0.1) is 0 Å². The van der Waals surface area contributed by atoms with E-state index in [0.717, 1.165) is 12.1 Å². The van der Waals surface area contributed by atoms with E-state index in [1.54, 1.807) is 12.1 Å². The number of hydrogen-bond donors (Lipinski definition) is 2. The van der Waals surface area contributed by atoms with Crippen LogP contribution in [-0.2, 0) is 0 Å². The van der Waals surface area contributed by atoms with E-state index in [4.69, 9.17) is 5.11 Å². The SMILES string of the molecule is Oc1ccc(C2=CC=CNC2)cc1. The van der Waals surface area contributed by atoms with Gasteiger partial charge in [-0.05, 0) is 35.5 Å². The van der Waals surface area contributed by atoms with Gasteiger partial charge in [0.1, 0.15) is 5.75 Å². The summed E-state index contributed by atoms with van der Waals surface area (Å²) < 4.78 is 0. The second kappa shape index (κ2) is 3.35. The Kier molecular flexibility index (Phi) is 2.04. The van der Waals surface area contributed by atoms with Crippen molar-refractivity contribution >= 4 is 5.57 Å². The molecule has 13 heavy (non-hydrogen) atoms. The fraction of sp³-hybridized carbons (Fsp3) is 0.0909. The minimum atomic E-state index is 0.309. The van der Waals surface area contributed by atoms with Crippen LogP contribution in [0.5, 0.6) is 5.75 Å². The summed E-state index contributed by atoms with van der Waals surface area (Å²) in [5.74, 6) is 0.309. The smallest absolute Gasteiger partial charge is 0.115 e. The number of hydrogen-bond acceptors (Lipinski definition) is 2. The lowest BCUT2D eigenvalue weighted by Gasteiger charge is -2.10. The van der Waals surface area contributed by atoms with Crippen LogP contribution >= 0.6 is 0 Å². The Balaban J connectivity index is 2.30. The lowest BCUT2D eigenvalue weighted by Crippen LogP contribution is -2.11. The Morgan fingerprint density at radius 3 is 2.54 bits per heavy atom. The van der Waals surface area contributed by atoms with Crippen LogP contribution in [-0.4, -0.2) is 11.7 Å². The Labute approximate surface area is 77.2 Å². The normalized spacial score (nSPS) is 14.9. The van der Waals surface area contributed by atoms with Crippen molar-refractivity contribution in [1.29, 1.82) is 0 Å². The van der Waals surface area contributed by atoms with Crippen molar-refractivity contribution in [3.05, 3.63) is 48.2 Å². The highest BCUT2D eigenvalue weighted by molar-refractivity contribution is 5.69. The molecule has 0 fully saturated rings. The van der Waals surface area contributed by atoms with Crippen molar-refractivity contribution in [2.75, 3.05) is 6.54 Å². The second-order valence-corrected chi connectivity index (χ2v) is 2.98. The Morgan fingerprint density at radius 2 is 1.92 bits per heavy atom. The van der Waals surface area contributed by atoms with Crippen LogP contribution in [0.15, 0.2) is 42.6 Å². The molecule has 1 aromatic carbocycles. The number of aromatic hydroxyl groups is 1. The fourth-order valence-corrected chi connectivity index (χ4v) is 1.33. The van der Waals surface area contributed by atoms with E-state index in [0.29, 0.717) is 5.75 Å². The first kappa shape index (κ1) is 7.92. The van der Waals surface area contributed by atoms with Gasteiger partial charge in [-0.25, -0.2) is 0 Å². The van der Waals surface area contributed by atoms with Crippen LogP contribution in [0.25, 0.3) is 5.57 Å². The predicted molar refractivity (Wildman–Crippen MR) is 53.2 cm³/mol. The molecular weight excluding hydrogens is 162 g/mol. The molecule has 0 unspecified atom stereocenters. The number of dihydropyridines is 1. The van der Waals surface area contributed by atoms with Crippen LogP contribution in [0.3, 0.4) is 0 Å². The second-order valence-electron chi connectivity index (χ2n) is 2.98. The maximum absolute atomic E-state index is 9.11. The summed E-state index contributed by atoms with van der Waals surface area (Å²) in [5.41, 5.74) is 2.39. The molecule has 2 nitrogen and oxygen atoms in total. The molecule has 0 saturated carbocycles. The van der Waals surface area contributed by atoms with E-state index in [1.807, 2.05) is 24.4 Å². The van der Waals surface area contributed by atoms with Gasteiger partial charge in [0.2, 0.25) is 0 Å². The first-order valence-corrected chi connectivity index (χ1v) is 4.25. The van der Waals surface area contributed by atoms with Gasteiger partial charge in [0.25, 0.3) is 0 Å². The maximum Gasteiger partial charge on any atom is 0.115 e. The first-order valence-electron chi connectivity index (χ1n) is 4.25. The van der Waals surface area contributed by atoms with Gasteiger partial charge in [-0.3, -0.25) is 0 Å². The van der Waals surface area contributed by atoms with Crippen LogP contribution in [0.1, 0.15) is 5.56 Å². The highest BCUT2D eigenvalue weighted by atomic mass is 16.3. The third-order valence-corrected chi connectivity index (χ3v) is 2.04. The predicted octanol–water partition coefficient (Wildman–Crippen LogP) is 1.89. The largest absolute Gasteiger partial charge is 0.508 e. The summed E-state index contributed by atoms with van der Waals surface area (Å²) >= 11 is 0. The molecule has 2 rings (SSSR count). The van der Waals surface area contributed by atoms with Gasteiger partial charge < -0.3 is 10.4 Å². The summed E-state index contributed by atoms with van der Waals surface area (Å²) in [6, 6.07) is 7.24.